The van der Waals surface area contributed by atoms with E-state index in [1.165, 1.54) is 6.07 Å². The van der Waals surface area contributed by atoms with Gasteiger partial charge in [-0.1, -0.05) is 17.3 Å². The lowest BCUT2D eigenvalue weighted by atomic mass is 9.94. The molecule has 2 fully saturated rings. The van der Waals surface area contributed by atoms with Crippen molar-refractivity contribution in [1.29, 1.82) is 0 Å². The molecule has 0 radical (unpaired) electrons. The Kier molecular flexibility index (Phi) is 5.34. The second-order valence-corrected chi connectivity index (χ2v) is 7.27. The number of carbonyl (C=O) groups excluding carboxylic acids is 2. The van der Waals surface area contributed by atoms with E-state index in [1.54, 1.807) is 18.2 Å². The summed E-state index contributed by atoms with van der Waals surface area (Å²) in [4.78, 5) is 30.1. The maximum Gasteiger partial charge on any atom is 0.241 e. The molecule has 1 aromatic heterocycles. The second kappa shape index (κ2) is 8.05. The number of likely N-dealkylation sites (tertiary alicyclic amines) is 1. The SMILES string of the molecule is O=C1CCC(C(=O)N2CCCC(Cc3nc(-c4ccccc4F)no3)C2)NN1. The lowest BCUT2D eigenvalue weighted by Gasteiger charge is -2.35. The minimum Gasteiger partial charge on any atom is -0.341 e. The van der Waals surface area contributed by atoms with Gasteiger partial charge in [-0.3, -0.25) is 15.0 Å². The normalized spacial score (nSPS) is 22.8. The number of hydrogen-bond donors (Lipinski definition) is 2. The molecule has 28 heavy (non-hydrogen) atoms. The average molecular weight is 387 g/mol. The summed E-state index contributed by atoms with van der Waals surface area (Å²) in [5.74, 6) is 0.394. The summed E-state index contributed by atoms with van der Waals surface area (Å²) in [6.45, 7) is 1.30. The molecule has 2 atom stereocenters. The number of nitrogens with zero attached hydrogens (tertiary/aromatic N) is 3. The van der Waals surface area contributed by atoms with Gasteiger partial charge in [-0.2, -0.15) is 4.98 Å². The van der Waals surface area contributed by atoms with E-state index in [4.69, 9.17) is 4.52 Å². The molecule has 8 nitrogen and oxygen atoms in total. The van der Waals surface area contributed by atoms with E-state index in [9.17, 15) is 14.0 Å². The highest BCUT2D eigenvalue weighted by atomic mass is 19.1. The Hall–Kier alpha value is -2.81. The van der Waals surface area contributed by atoms with Crippen LogP contribution in [0, 0.1) is 11.7 Å². The fraction of sp³-hybridized carbons (Fsp3) is 0.474. The molecule has 9 heteroatoms. The van der Waals surface area contributed by atoms with Crippen molar-refractivity contribution >= 4 is 11.8 Å². The lowest BCUT2D eigenvalue weighted by Crippen LogP contribution is -2.57. The van der Waals surface area contributed by atoms with Crippen molar-refractivity contribution in [2.24, 2.45) is 5.92 Å². The molecular formula is C19H22FN5O3. The Morgan fingerprint density at radius 3 is 2.96 bits per heavy atom. The van der Waals surface area contributed by atoms with Gasteiger partial charge < -0.3 is 9.42 Å². The van der Waals surface area contributed by atoms with Crippen molar-refractivity contribution in [3.63, 3.8) is 0 Å². The van der Waals surface area contributed by atoms with Crippen LogP contribution in [0.15, 0.2) is 28.8 Å². The highest BCUT2D eigenvalue weighted by Gasteiger charge is 2.32. The fourth-order valence-electron chi connectivity index (χ4n) is 3.75. The summed E-state index contributed by atoms with van der Waals surface area (Å²) < 4.78 is 19.2. The summed E-state index contributed by atoms with van der Waals surface area (Å²) in [7, 11) is 0. The first kappa shape index (κ1) is 18.5. The third kappa shape index (κ3) is 4.04. The Morgan fingerprint density at radius 2 is 2.18 bits per heavy atom. The number of benzene rings is 1. The van der Waals surface area contributed by atoms with Gasteiger partial charge >= 0.3 is 0 Å². The van der Waals surface area contributed by atoms with E-state index in [0.29, 0.717) is 43.8 Å². The monoisotopic (exact) mass is 387 g/mol. The number of piperidine rings is 1. The van der Waals surface area contributed by atoms with Crippen molar-refractivity contribution in [2.75, 3.05) is 13.1 Å². The van der Waals surface area contributed by atoms with E-state index in [2.05, 4.69) is 21.0 Å². The van der Waals surface area contributed by atoms with Crippen molar-refractivity contribution in [3.8, 4) is 11.4 Å². The number of carbonyl (C=O) groups is 2. The Bertz CT molecular complexity index is 861. The maximum atomic E-state index is 13.9. The van der Waals surface area contributed by atoms with E-state index in [-0.39, 0.29) is 29.6 Å². The molecular weight excluding hydrogens is 365 g/mol. The van der Waals surface area contributed by atoms with Crippen LogP contribution in [0.2, 0.25) is 0 Å². The minimum atomic E-state index is -0.392. The molecule has 4 rings (SSSR count). The molecule has 2 saturated heterocycles. The number of amides is 2. The zero-order valence-electron chi connectivity index (χ0n) is 15.4. The maximum absolute atomic E-state index is 13.9. The smallest absolute Gasteiger partial charge is 0.241 e. The van der Waals surface area contributed by atoms with Crippen LogP contribution in [-0.4, -0.2) is 46.0 Å². The van der Waals surface area contributed by atoms with Crippen LogP contribution in [-0.2, 0) is 16.0 Å². The molecule has 2 N–H and O–H groups in total. The molecule has 148 valence electrons. The third-order valence-electron chi connectivity index (χ3n) is 5.22. The second-order valence-electron chi connectivity index (χ2n) is 7.27. The number of hydrazine groups is 1. The predicted molar refractivity (Wildman–Crippen MR) is 97.0 cm³/mol. The van der Waals surface area contributed by atoms with Gasteiger partial charge in [0.25, 0.3) is 0 Å². The van der Waals surface area contributed by atoms with E-state index in [1.807, 2.05) is 4.90 Å². The van der Waals surface area contributed by atoms with Crippen molar-refractivity contribution in [3.05, 3.63) is 36.0 Å². The number of hydrogen-bond acceptors (Lipinski definition) is 6. The average Bonchev–Trinajstić information content (AvgIpc) is 3.17. The first-order chi connectivity index (χ1) is 13.6. The highest BCUT2D eigenvalue weighted by molar-refractivity contribution is 5.85. The fourth-order valence-corrected chi connectivity index (χ4v) is 3.75. The van der Waals surface area contributed by atoms with Crippen LogP contribution < -0.4 is 10.9 Å². The van der Waals surface area contributed by atoms with Crippen molar-refractivity contribution < 1.29 is 18.5 Å². The molecule has 2 aromatic rings. The molecule has 0 saturated carbocycles. The van der Waals surface area contributed by atoms with Crippen LogP contribution in [0.25, 0.3) is 11.4 Å². The van der Waals surface area contributed by atoms with E-state index < -0.39 is 5.82 Å². The molecule has 2 unspecified atom stereocenters. The standard InChI is InChI=1S/C19H22FN5O3/c20-14-6-2-1-5-13(14)18-21-17(28-24-18)10-12-4-3-9-25(11-12)19(27)15-7-8-16(26)23-22-15/h1-2,5-6,12,15,22H,3-4,7-11H2,(H,23,26). The van der Waals surface area contributed by atoms with E-state index in [0.717, 1.165) is 12.8 Å². The van der Waals surface area contributed by atoms with Gasteiger partial charge in [0.2, 0.25) is 23.5 Å². The zero-order chi connectivity index (χ0) is 19.5. The number of nitrogens with one attached hydrogen (secondary N) is 2. The molecule has 3 heterocycles. The van der Waals surface area contributed by atoms with Gasteiger partial charge in [-0.15, -0.1) is 0 Å². The minimum absolute atomic E-state index is 0.00211. The van der Waals surface area contributed by atoms with Gasteiger partial charge in [0.15, 0.2) is 0 Å². The van der Waals surface area contributed by atoms with Gasteiger partial charge in [0.1, 0.15) is 11.9 Å². The molecule has 2 aliphatic heterocycles. The number of rotatable bonds is 4. The lowest BCUT2D eigenvalue weighted by molar-refractivity contribution is -0.138. The Balaban J connectivity index is 1.37. The van der Waals surface area contributed by atoms with Crippen LogP contribution in [0.3, 0.4) is 0 Å². The Morgan fingerprint density at radius 1 is 1.32 bits per heavy atom. The number of halogens is 1. The van der Waals surface area contributed by atoms with E-state index >= 15 is 0 Å². The Labute approximate surface area is 161 Å². The predicted octanol–water partition coefficient (Wildman–Crippen LogP) is 1.44. The largest absolute Gasteiger partial charge is 0.341 e. The molecule has 0 aliphatic carbocycles. The van der Waals surface area contributed by atoms with Gasteiger partial charge in [0.05, 0.1) is 5.56 Å². The topological polar surface area (TPSA) is 100 Å². The highest BCUT2D eigenvalue weighted by Crippen LogP contribution is 2.24. The summed E-state index contributed by atoms with van der Waals surface area (Å²) >= 11 is 0. The molecule has 0 bridgehead atoms. The first-order valence-electron chi connectivity index (χ1n) is 9.51. The van der Waals surface area contributed by atoms with Crippen LogP contribution in [0.5, 0.6) is 0 Å². The van der Waals surface area contributed by atoms with Crippen molar-refractivity contribution in [1.82, 2.24) is 25.9 Å². The third-order valence-corrected chi connectivity index (χ3v) is 5.22. The summed E-state index contributed by atoms with van der Waals surface area (Å²) in [5, 5.41) is 3.89. The van der Waals surface area contributed by atoms with Crippen LogP contribution >= 0.6 is 0 Å². The summed E-state index contributed by atoms with van der Waals surface area (Å²) in [6.07, 6.45) is 3.24. The van der Waals surface area contributed by atoms with Crippen LogP contribution in [0.1, 0.15) is 31.6 Å². The van der Waals surface area contributed by atoms with Crippen LogP contribution in [0.4, 0.5) is 4.39 Å². The first-order valence-corrected chi connectivity index (χ1v) is 9.51. The van der Waals surface area contributed by atoms with Gasteiger partial charge in [-0.25, -0.2) is 9.82 Å². The molecule has 2 aliphatic rings. The van der Waals surface area contributed by atoms with Gasteiger partial charge in [0, 0.05) is 25.9 Å². The zero-order valence-corrected chi connectivity index (χ0v) is 15.4. The molecule has 2 amide bonds. The van der Waals surface area contributed by atoms with Crippen molar-refractivity contribution in [2.45, 2.75) is 38.1 Å². The quantitative estimate of drug-likeness (QED) is 0.823. The summed E-state index contributed by atoms with van der Waals surface area (Å²) in [5.41, 5.74) is 5.62. The summed E-state index contributed by atoms with van der Waals surface area (Å²) in [6, 6.07) is 5.92. The molecule has 0 spiro atoms. The molecule has 1 aromatic carbocycles. The number of aromatic nitrogens is 2. The van der Waals surface area contributed by atoms with Gasteiger partial charge in [-0.05, 0) is 37.3 Å².